The van der Waals surface area contributed by atoms with Crippen LogP contribution in [0, 0.1) is 13.8 Å². The SMILES string of the molecule is Cc1cc(C)n(CC(=O)N2CCCC(c3ccn[nH]3)C2)n1. The highest BCUT2D eigenvalue weighted by Gasteiger charge is 2.25. The molecule has 3 heterocycles. The number of hydrogen-bond donors (Lipinski definition) is 1. The van der Waals surface area contributed by atoms with Gasteiger partial charge in [-0.15, -0.1) is 0 Å². The Balaban J connectivity index is 1.66. The summed E-state index contributed by atoms with van der Waals surface area (Å²) in [7, 11) is 0. The van der Waals surface area contributed by atoms with Crippen molar-refractivity contribution in [3.63, 3.8) is 0 Å². The van der Waals surface area contributed by atoms with Crippen LogP contribution in [-0.4, -0.2) is 43.9 Å². The summed E-state index contributed by atoms with van der Waals surface area (Å²) in [6.07, 6.45) is 3.91. The smallest absolute Gasteiger partial charge is 0.244 e. The Kier molecular flexibility index (Phi) is 3.77. The van der Waals surface area contributed by atoms with E-state index >= 15 is 0 Å². The van der Waals surface area contributed by atoms with Crippen molar-refractivity contribution < 1.29 is 4.79 Å². The van der Waals surface area contributed by atoms with Crippen molar-refractivity contribution >= 4 is 5.91 Å². The fourth-order valence-electron chi connectivity index (χ4n) is 3.01. The molecule has 112 valence electrons. The fourth-order valence-corrected chi connectivity index (χ4v) is 3.01. The Morgan fingerprint density at radius 3 is 3.00 bits per heavy atom. The largest absolute Gasteiger partial charge is 0.340 e. The number of H-pyrrole nitrogens is 1. The third kappa shape index (κ3) is 2.99. The minimum absolute atomic E-state index is 0.144. The third-order valence-electron chi connectivity index (χ3n) is 4.12. The predicted molar refractivity (Wildman–Crippen MR) is 78.8 cm³/mol. The highest BCUT2D eigenvalue weighted by Crippen LogP contribution is 2.25. The third-order valence-corrected chi connectivity index (χ3v) is 4.12. The summed E-state index contributed by atoms with van der Waals surface area (Å²) in [6, 6.07) is 4.00. The molecule has 0 saturated carbocycles. The number of likely N-dealkylation sites (tertiary alicyclic amines) is 1. The van der Waals surface area contributed by atoms with E-state index in [0.29, 0.717) is 12.5 Å². The average molecular weight is 287 g/mol. The van der Waals surface area contributed by atoms with E-state index < -0.39 is 0 Å². The molecule has 2 aromatic heterocycles. The quantitative estimate of drug-likeness (QED) is 0.933. The van der Waals surface area contributed by atoms with E-state index in [-0.39, 0.29) is 5.91 Å². The van der Waals surface area contributed by atoms with Gasteiger partial charge in [-0.3, -0.25) is 14.6 Å². The van der Waals surface area contributed by atoms with Crippen molar-refractivity contribution in [3.05, 3.63) is 35.4 Å². The van der Waals surface area contributed by atoms with Gasteiger partial charge in [-0.05, 0) is 38.8 Å². The molecule has 1 unspecified atom stereocenters. The van der Waals surface area contributed by atoms with E-state index in [2.05, 4.69) is 15.3 Å². The van der Waals surface area contributed by atoms with E-state index in [9.17, 15) is 4.79 Å². The standard InChI is InChI=1S/C15H21N5O/c1-11-8-12(2)20(18-11)10-15(21)19-7-3-4-13(9-19)14-5-6-16-17-14/h5-6,8,13H,3-4,7,9-10H2,1-2H3,(H,16,17). The normalized spacial score (nSPS) is 19.0. The summed E-state index contributed by atoms with van der Waals surface area (Å²) in [6.45, 7) is 5.86. The van der Waals surface area contributed by atoms with Crippen molar-refractivity contribution in [3.8, 4) is 0 Å². The van der Waals surface area contributed by atoms with Gasteiger partial charge in [0.15, 0.2) is 0 Å². The molecule has 1 atom stereocenters. The highest BCUT2D eigenvalue weighted by molar-refractivity contribution is 5.76. The molecule has 1 aliphatic rings. The summed E-state index contributed by atoms with van der Waals surface area (Å²) < 4.78 is 1.79. The first kappa shape index (κ1) is 13.9. The van der Waals surface area contributed by atoms with Gasteiger partial charge >= 0.3 is 0 Å². The monoisotopic (exact) mass is 287 g/mol. The Bertz CT molecular complexity index is 616. The van der Waals surface area contributed by atoms with Crippen LogP contribution in [0.25, 0.3) is 0 Å². The molecule has 21 heavy (non-hydrogen) atoms. The van der Waals surface area contributed by atoms with Crippen LogP contribution in [0.2, 0.25) is 0 Å². The second-order valence-electron chi connectivity index (χ2n) is 5.78. The van der Waals surface area contributed by atoms with E-state index in [1.54, 1.807) is 10.9 Å². The second-order valence-corrected chi connectivity index (χ2v) is 5.78. The lowest BCUT2D eigenvalue weighted by Gasteiger charge is -2.32. The average Bonchev–Trinajstić information content (AvgIpc) is 3.09. The van der Waals surface area contributed by atoms with Crippen molar-refractivity contribution in [2.75, 3.05) is 13.1 Å². The van der Waals surface area contributed by atoms with Gasteiger partial charge in [0.05, 0.1) is 5.69 Å². The molecule has 6 heteroatoms. The number of nitrogens with zero attached hydrogens (tertiary/aromatic N) is 4. The number of aryl methyl sites for hydroxylation is 2. The first-order chi connectivity index (χ1) is 10.1. The number of nitrogens with one attached hydrogen (secondary N) is 1. The number of aromatic nitrogens is 4. The van der Waals surface area contributed by atoms with Crippen LogP contribution >= 0.6 is 0 Å². The lowest BCUT2D eigenvalue weighted by molar-refractivity contribution is -0.133. The van der Waals surface area contributed by atoms with Gasteiger partial charge in [0.1, 0.15) is 6.54 Å². The molecule has 1 amide bonds. The number of rotatable bonds is 3. The van der Waals surface area contributed by atoms with Gasteiger partial charge in [0, 0.05) is 36.6 Å². The van der Waals surface area contributed by atoms with Crippen molar-refractivity contribution in [1.82, 2.24) is 24.9 Å². The van der Waals surface area contributed by atoms with Gasteiger partial charge in [-0.1, -0.05) is 0 Å². The maximum Gasteiger partial charge on any atom is 0.244 e. The molecule has 2 aromatic rings. The van der Waals surface area contributed by atoms with E-state index in [1.807, 2.05) is 30.9 Å². The first-order valence-corrected chi connectivity index (χ1v) is 7.41. The maximum atomic E-state index is 12.5. The summed E-state index contributed by atoms with van der Waals surface area (Å²) >= 11 is 0. The Hall–Kier alpha value is -2.11. The summed E-state index contributed by atoms with van der Waals surface area (Å²) in [5, 5.41) is 11.4. The van der Waals surface area contributed by atoms with Gasteiger partial charge in [0.2, 0.25) is 5.91 Å². The molecule has 0 spiro atoms. The molecule has 3 rings (SSSR count). The minimum atomic E-state index is 0.144. The van der Waals surface area contributed by atoms with E-state index in [1.165, 1.54) is 0 Å². The molecular weight excluding hydrogens is 266 g/mol. The van der Waals surface area contributed by atoms with E-state index in [4.69, 9.17) is 0 Å². The zero-order valence-electron chi connectivity index (χ0n) is 12.5. The zero-order valence-corrected chi connectivity index (χ0v) is 12.5. The minimum Gasteiger partial charge on any atom is -0.340 e. The van der Waals surface area contributed by atoms with Gasteiger partial charge in [-0.25, -0.2) is 0 Å². The first-order valence-electron chi connectivity index (χ1n) is 7.41. The molecular formula is C15H21N5O. The van der Waals surface area contributed by atoms with Gasteiger partial charge in [-0.2, -0.15) is 10.2 Å². The summed E-state index contributed by atoms with van der Waals surface area (Å²) in [4.78, 5) is 14.4. The van der Waals surface area contributed by atoms with Crippen LogP contribution in [0.4, 0.5) is 0 Å². The summed E-state index contributed by atoms with van der Waals surface area (Å²) in [5.41, 5.74) is 3.11. The summed E-state index contributed by atoms with van der Waals surface area (Å²) in [5.74, 6) is 0.510. The van der Waals surface area contributed by atoms with Crippen LogP contribution in [-0.2, 0) is 11.3 Å². The highest BCUT2D eigenvalue weighted by atomic mass is 16.2. The number of aromatic amines is 1. The molecule has 0 radical (unpaired) electrons. The number of hydrogen-bond acceptors (Lipinski definition) is 3. The van der Waals surface area contributed by atoms with Crippen molar-refractivity contribution in [2.24, 2.45) is 0 Å². The van der Waals surface area contributed by atoms with Crippen LogP contribution in [0.5, 0.6) is 0 Å². The maximum absolute atomic E-state index is 12.5. The molecule has 1 saturated heterocycles. The number of piperidine rings is 1. The molecule has 6 nitrogen and oxygen atoms in total. The lowest BCUT2D eigenvalue weighted by Crippen LogP contribution is -2.41. The number of carbonyl (C=O) groups excluding carboxylic acids is 1. The second kappa shape index (κ2) is 5.71. The lowest BCUT2D eigenvalue weighted by atomic mass is 9.95. The Labute approximate surface area is 124 Å². The van der Waals surface area contributed by atoms with Gasteiger partial charge < -0.3 is 4.90 Å². The molecule has 1 fully saturated rings. The molecule has 0 bridgehead atoms. The van der Waals surface area contributed by atoms with Crippen LogP contribution in [0.1, 0.15) is 35.8 Å². The zero-order chi connectivity index (χ0) is 14.8. The topological polar surface area (TPSA) is 66.8 Å². The Morgan fingerprint density at radius 2 is 2.33 bits per heavy atom. The van der Waals surface area contributed by atoms with Crippen LogP contribution < -0.4 is 0 Å². The molecule has 1 N–H and O–H groups in total. The predicted octanol–water partition coefficient (Wildman–Crippen LogP) is 1.63. The Morgan fingerprint density at radius 1 is 1.48 bits per heavy atom. The van der Waals surface area contributed by atoms with Crippen molar-refractivity contribution in [1.29, 1.82) is 0 Å². The molecule has 0 aliphatic carbocycles. The van der Waals surface area contributed by atoms with Crippen LogP contribution in [0.15, 0.2) is 18.3 Å². The van der Waals surface area contributed by atoms with Crippen LogP contribution in [0.3, 0.4) is 0 Å². The van der Waals surface area contributed by atoms with Crippen molar-refractivity contribution in [2.45, 2.75) is 39.2 Å². The molecule has 0 aromatic carbocycles. The number of amides is 1. The van der Waals surface area contributed by atoms with E-state index in [0.717, 1.165) is 43.0 Å². The van der Waals surface area contributed by atoms with Gasteiger partial charge in [0.25, 0.3) is 0 Å². The molecule has 1 aliphatic heterocycles. The fraction of sp³-hybridized carbons (Fsp3) is 0.533. The number of carbonyl (C=O) groups is 1.